The van der Waals surface area contributed by atoms with E-state index in [2.05, 4.69) is 13.8 Å². The Balaban J connectivity index is 2.10. The number of hydrogen-bond acceptors (Lipinski definition) is 2. The Kier molecular flexibility index (Phi) is 6.26. The Bertz CT molecular complexity index is 161. The summed E-state index contributed by atoms with van der Waals surface area (Å²) in [6.45, 7) is 5.47. The topological polar surface area (TPSA) is 35.2 Å². The maximum atomic E-state index is 5.94. The van der Waals surface area contributed by atoms with Crippen LogP contribution in [0.2, 0.25) is 0 Å². The Morgan fingerprint density at radius 1 is 1.33 bits per heavy atom. The lowest BCUT2D eigenvalue weighted by Gasteiger charge is -2.18. The fourth-order valence-corrected chi connectivity index (χ4v) is 2.29. The minimum absolute atomic E-state index is 0.394. The molecule has 2 N–H and O–H groups in total. The lowest BCUT2D eigenvalue weighted by atomic mass is 10.0. The van der Waals surface area contributed by atoms with E-state index < -0.39 is 0 Å². The zero-order valence-corrected chi connectivity index (χ0v) is 10.4. The van der Waals surface area contributed by atoms with Crippen LogP contribution in [-0.4, -0.2) is 18.8 Å². The van der Waals surface area contributed by atoms with E-state index in [0.717, 1.165) is 25.4 Å². The molecule has 0 aliphatic heterocycles. The van der Waals surface area contributed by atoms with Crippen LogP contribution in [0.25, 0.3) is 0 Å². The van der Waals surface area contributed by atoms with E-state index in [9.17, 15) is 0 Å². The lowest BCUT2D eigenvalue weighted by molar-refractivity contribution is 0.0295. The third-order valence-electron chi connectivity index (χ3n) is 3.54. The summed E-state index contributed by atoms with van der Waals surface area (Å²) >= 11 is 0. The van der Waals surface area contributed by atoms with Crippen LogP contribution in [0.4, 0.5) is 0 Å². The minimum atomic E-state index is 0.394. The fraction of sp³-hybridized carbons (Fsp3) is 1.00. The van der Waals surface area contributed by atoms with Crippen LogP contribution in [0.1, 0.15) is 58.8 Å². The smallest absolute Gasteiger partial charge is 0.0590 e. The molecule has 3 atom stereocenters. The van der Waals surface area contributed by atoms with Gasteiger partial charge in [-0.15, -0.1) is 0 Å². The summed E-state index contributed by atoms with van der Waals surface area (Å²) in [6.07, 6.45) is 9.06. The second kappa shape index (κ2) is 7.24. The van der Waals surface area contributed by atoms with Crippen molar-refractivity contribution < 1.29 is 4.74 Å². The molecule has 0 heterocycles. The van der Waals surface area contributed by atoms with Crippen molar-refractivity contribution in [2.24, 2.45) is 11.7 Å². The molecule has 0 bridgehead atoms. The summed E-state index contributed by atoms with van der Waals surface area (Å²) in [5, 5.41) is 0. The molecule has 15 heavy (non-hydrogen) atoms. The van der Waals surface area contributed by atoms with Crippen molar-refractivity contribution in [3.63, 3.8) is 0 Å². The molecule has 0 radical (unpaired) electrons. The number of hydrogen-bond donors (Lipinski definition) is 1. The van der Waals surface area contributed by atoms with Gasteiger partial charge in [0.1, 0.15) is 0 Å². The Morgan fingerprint density at radius 2 is 2.13 bits per heavy atom. The van der Waals surface area contributed by atoms with Gasteiger partial charge in [0.2, 0.25) is 0 Å². The summed E-state index contributed by atoms with van der Waals surface area (Å²) in [7, 11) is 0. The van der Waals surface area contributed by atoms with Crippen molar-refractivity contribution in [3.8, 4) is 0 Å². The van der Waals surface area contributed by atoms with Crippen LogP contribution in [0.15, 0.2) is 0 Å². The third-order valence-corrected chi connectivity index (χ3v) is 3.54. The highest BCUT2D eigenvalue weighted by Crippen LogP contribution is 2.22. The molecule has 2 heteroatoms. The number of nitrogens with two attached hydrogens (primary N) is 1. The molecule has 0 amide bonds. The van der Waals surface area contributed by atoms with Crippen LogP contribution in [-0.2, 0) is 4.74 Å². The number of unbranched alkanes of at least 4 members (excludes halogenated alkanes) is 1. The molecule has 1 fully saturated rings. The summed E-state index contributed by atoms with van der Waals surface area (Å²) in [5.41, 5.74) is 5.86. The van der Waals surface area contributed by atoms with Crippen LogP contribution in [0.5, 0.6) is 0 Å². The fourth-order valence-electron chi connectivity index (χ4n) is 2.29. The van der Waals surface area contributed by atoms with E-state index in [1.807, 2.05) is 0 Å². The molecule has 0 aromatic heterocycles. The van der Waals surface area contributed by atoms with Gasteiger partial charge in [0.05, 0.1) is 6.10 Å². The molecule has 0 saturated heterocycles. The maximum absolute atomic E-state index is 5.94. The van der Waals surface area contributed by atoms with Gasteiger partial charge in [-0.1, -0.05) is 33.1 Å². The predicted octanol–water partition coefficient (Wildman–Crippen LogP) is 3.10. The zero-order valence-electron chi connectivity index (χ0n) is 10.4. The summed E-state index contributed by atoms with van der Waals surface area (Å²) in [5.74, 6) is 0.766. The molecule has 2 nitrogen and oxygen atoms in total. The molecule has 0 spiro atoms. The van der Waals surface area contributed by atoms with Gasteiger partial charge in [0.15, 0.2) is 0 Å². The summed E-state index contributed by atoms with van der Waals surface area (Å²) in [4.78, 5) is 0. The first-order valence-corrected chi connectivity index (χ1v) is 6.63. The average Bonchev–Trinajstić information content (AvgIpc) is 2.65. The van der Waals surface area contributed by atoms with Crippen LogP contribution in [0, 0.1) is 5.92 Å². The zero-order chi connectivity index (χ0) is 11.1. The first-order valence-electron chi connectivity index (χ1n) is 6.63. The molecule has 1 aliphatic rings. The highest BCUT2D eigenvalue weighted by Gasteiger charge is 2.22. The van der Waals surface area contributed by atoms with Gasteiger partial charge < -0.3 is 10.5 Å². The molecule has 0 aromatic rings. The molecule has 0 aromatic carbocycles. The average molecular weight is 213 g/mol. The predicted molar refractivity (Wildman–Crippen MR) is 64.9 cm³/mol. The van der Waals surface area contributed by atoms with Gasteiger partial charge in [-0.05, 0) is 31.6 Å². The summed E-state index contributed by atoms with van der Waals surface area (Å²) in [6, 6.07) is 0.394. The Labute approximate surface area is 94.6 Å². The first kappa shape index (κ1) is 13.0. The Hall–Kier alpha value is -0.0800. The van der Waals surface area contributed by atoms with Gasteiger partial charge in [0, 0.05) is 12.6 Å². The molecule has 1 rings (SSSR count). The molecular formula is C13H27NO. The van der Waals surface area contributed by atoms with E-state index in [1.165, 1.54) is 32.1 Å². The molecule has 3 unspecified atom stereocenters. The molecule has 1 saturated carbocycles. The van der Waals surface area contributed by atoms with Gasteiger partial charge in [0.25, 0.3) is 0 Å². The maximum Gasteiger partial charge on any atom is 0.0590 e. The lowest BCUT2D eigenvalue weighted by Crippen LogP contribution is -2.19. The van der Waals surface area contributed by atoms with E-state index in [4.69, 9.17) is 10.5 Å². The van der Waals surface area contributed by atoms with Gasteiger partial charge in [-0.2, -0.15) is 0 Å². The molecule has 1 aliphatic carbocycles. The number of ether oxygens (including phenoxy) is 1. The van der Waals surface area contributed by atoms with Crippen LogP contribution in [0.3, 0.4) is 0 Å². The standard InChI is InChI=1S/C13H27NO/c1-3-5-6-11(4-2)10-15-13-8-7-12(14)9-13/h11-13H,3-10,14H2,1-2H3. The first-order chi connectivity index (χ1) is 7.26. The van der Waals surface area contributed by atoms with Gasteiger partial charge in [-0.3, -0.25) is 0 Å². The van der Waals surface area contributed by atoms with Crippen molar-refractivity contribution in [2.45, 2.75) is 70.9 Å². The highest BCUT2D eigenvalue weighted by molar-refractivity contribution is 4.78. The van der Waals surface area contributed by atoms with Crippen molar-refractivity contribution in [3.05, 3.63) is 0 Å². The van der Waals surface area contributed by atoms with E-state index in [-0.39, 0.29) is 0 Å². The van der Waals surface area contributed by atoms with E-state index in [1.54, 1.807) is 0 Å². The number of rotatable bonds is 7. The Morgan fingerprint density at radius 3 is 2.67 bits per heavy atom. The minimum Gasteiger partial charge on any atom is -0.378 e. The normalized spacial score (nSPS) is 28.2. The monoisotopic (exact) mass is 213 g/mol. The van der Waals surface area contributed by atoms with E-state index >= 15 is 0 Å². The SMILES string of the molecule is CCCCC(CC)COC1CCC(N)C1. The van der Waals surface area contributed by atoms with E-state index in [0.29, 0.717) is 12.1 Å². The molecule has 90 valence electrons. The van der Waals surface area contributed by atoms with Crippen molar-refractivity contribution in [1.29, 1.82) is 0 Å². The van der Waals surface area contributed by atoms with Gasteiger partial charge in [-0.25, -0.2) is 0 Å². The van der Waals surface area contributed by atoms with Crippen molar-refractivity contribution in [2.75, 3.05) is 6.61 Å². The van der Waals surface area contributed by atoms with Gasteiger partial charge >= 0.3 is 0 Å². The van der Waals surface area contributed by atoms with Crippen molar-refractivity contribution in [1.82, 2.24) is 0 Å². The quantitative estimate of drug-likeness (QED) is 0.705. The highest BCUT2D eigenvalue weighted by atomic mass is 16.5. The largest absolute Gasteiger partial charge is 0.378 e. The molecular weight excluding hydrogens is 186 g/mol. The summed E-state index contributed by atoms with van der Waals surface area (Å²) < 4.78 is 5.94. The second-order valence-electron chi connectivity index (χ2n) is 4.94. The van der Waals surface area contributed by atoms with Crippen molar-refractivity contribution >= 4 is 0 Å². The van der Waals surface area contributed by atoms with Crippen LogP contribution >= 0.6 is 0 Å². The third kappa shape index (κ3) is 4.98. The van der Waals surface area contributed by atoms with Crippen LogP contribution < -0.4 is 5.73 Å². The second-order valence-corrected chi connectivity index (χ2v) is 4.94.